The Hall–Kier alpha value is -1.61. The lowest BCUT2D eigenvalue weighted by Gasteiger charge is -2.06. The molecule has 0 atom stereocenters. The zero-order valence-corrected chi connectivity index (χ0v) is 6.84. The van der Waals surface area contributed by atoms with Gasteiger partial charge in [0, 0.05) is 6.07 Å². The number of halogens is 3. The molecule has 1 rings (SSSR count). The molecule has 0 amide bonds. The summed E-state index contributed by atoms with van der Waals surface area (Å²) in [4.78, 5) is 3.36. The number of pyridine rings is 1. The topological polar surface area (TPSA) is 56.9 Å². The van der Waals surface area contributed by atoms with Crippen LogP contribution in [0, 0.1) is 17.1 Å². The van der Waals surface area contributed by atoms with Crippen molar-refractivity contribution in [1.82, 2.24) is 4.98 Å². The average molecular weight is 202 g/mol. The molecule has 3 nitrogen and oxygen atoms in total. The van der Waals surface area contributed by atoms with E-state index in [2.05, 4.69) is 4.98 Å². The van der Waals surface area contributed by atoms with Crippen LogP contribution in [0.1, 0.15) is 23.4 Å². The number of hydrogen-bond acceptors (Lipinski definition) is 3. The number of aliphatic hydroxyl groups excluding tert-OH is 1. The van der Waals surface area contributed by atoms with Crippen molar-refractivity contribution < 1.29 is 18.3 Å². The third kappa shape index (κ3) is 1.83. The molecule has 74 valence electrons. The summed E-state index contributed by atoms with van der Waals surface area (Å²) in [5.74, 6) is -1.23. The quantitative estimate of drug-likeness (QED) is 0.790. The molecule has 0 unspecified atom stereocenters. The summed E-state index contributed by atoms with van der Waals surface area (Å²) in [6.07, 6.45) is -3.06. The molecule has 0 saturated heterocycles. The number of aliphatic hydroxyl groups is 1. The first-order chi connectivity index (χ1) is 6.60. The van der Waals surface area contributed by atoms with Crippen LogP contribution < -0.4 is 0 Å². The van der Waals surface area contributed by atoms with Crippen LogP contribution in [0.4, 0.5) is 13.2 Å². The number of nitriles is 1. The lowest BCUT2D eigenvalue weighted by atomic mass is 10.1. The van der Waals surface area contributed by atoms with Crippen LogP contribution in [-0.2, 0) is 6.61 Å². The van der Waals surface area contributed by atoms with Crippen LogP contribution in [0.25, 0.3) is 0 Å². The highest BCUT2D eigenvalue weighted by Gasteiger charge is 2.20. The van der Waals surface area contributed by atoms with Gasteiger partial charge in [-0.05, 0) is 0 Å². The first-order valence-corrected chi connectivity index (χ1v) is 3.58. The van der Waals surface area contributed by atoms with Gasteiger partial charge in [-0.15, -0.1) is 0 Å². The van der Waals surface area contributed by atoms with Crippen molar-refractivity contribution in [3.8, 4) is 6.07 Å². The predicted molar refractivity (Wildman–Crippen MR) is 39.8 cm³/mol. The number of rotatable bonds is 2. The van der Waals surface area contributed by atoms with Crippen molar-refractivity contribution in [3.63, 3.8) is 0 Å². The molecule has 0 aliphatic rings. The van der Waals surface area contributed by atoms with E-state index in [4.69, 9.17) is 10.4 Å². The number of hydrogen-bond donors (Lipinski definition) is 1. The third-order valence-corrected chi connectivity index (χ3v) is 1.57. The zero-order chi connectivity index (χ0) is 10.7. The fourth-order valence-electron chi connectivity index (χ4n) is 0.982. The van der Waals surface area contributed by atoms with E-state index in [0.29, 0.717) is 6.07 Å². The van der Waals surface area contributed by atoms with Crippen molar-refractivity contribution in [2.24, 2.45) is 0 Å². The second kappa shape index (κ2) is 4.07. The highest BCUT2D eigenvalue weighted by molar-refractivity contribution is 5.30. The van der Waals surface area contributed by atoms with Gasteiger partial charge in [0.25, 0.3) is 6.43 Å². The van der Waals surface area contributed by atoms with Crippen LogP contribution >= 0.6 is 0 Å². The highest BCUT2D eigenvalue weighted by Crippen LogP contribution is 2.25. The van der Waals surface area contributed by atoms with Crippen molar-refractivity contribution in [2.45, 2.75) is 13.0 Å². The van der Waals surface area contributed by atoms with Gasteiger partial charge in [0.2, 0.25) is 0 Å². The van der Waals surface area contributed by atoms with Gasteiger partial charge in [0.15, 0.2) is 0 Å². The maximum absolute atomic E-state index is 13.0. The molecule has 0 aliphatic heterocycles. The first kappa shape index (κ1) is 10.5. The fraction of sp³-hybridized carbons (Fsp3) is 0.250. The first-order valence-electron chi connectivity index (χ1n) is 3.58. The standard InChI is InChI=1S/C8H5F3N2O/c9-5-1-4(2-12)13-6(3-14)7(5)8(10)11/h1,8,14H,3H2. The molecule has 1 aromatic rings. The number of nitrogens with zero attached hydrogens (tertiary/aromatic N) is 2. The molecule has 0 spiro atoms. The molecule has 14 heavy (non-hydrogen) atoms. The molecule has 0 aromatic carbocycles. The third-order valence-electron chi connectivity index (χ3n) is 1.57. The van der Waals surface area contributed by atoms with E-state index in [0.717, 1.165) is 0 Å². The van der Waals surface area contributed by atoms with Gasteiger partial charge in [-0.3, -0.25) is 0 Å². The normalized spacial score (nSPS) is 10.3. The summed E-state index contributed by atoms with van der Waals surface area (Å²) >= 11 is 0. The Morgan fingerprint density at radius 3 is 2.64 bits per heavy atom. The van der Waals surface area contributed by atoms with Gasteiger partial charge in [-0.1, -0.05) is 0 Å². The lowest BCUT2D eigenvalue weighted by Crippen LogP contribution is -2.04. The average Bonchev–Trinajstić information content (AvgIpc) is 2.15. The van der Waals surface area contributed by atoms with Crippen LogP contribution in [0.5, 0.6) is 0 Å². The van der Waals surface area contributed by atoms with Crippen LogP contribution in [0.15, 0.2) is 6.07 Å². The van der Waals surface area contributed by atoms with Gasteiger partial charge in [0.05, 0.1) is 17.9 Å². The van der Waals surface area contributed by atoms with Crippen molar-refractivity contribution in [1.29, 1.82) is 5.26 Å². The highest BCUT2D eigenvalue weighted by atomic mass is 19.3. The minimum absolute atomic E-state index is 0.337. The van der Waals surface area contributed by atoms with Gasteiger partial charge < -0.3 is 5.11 Å². The molecular formula is C8H5F3N2O. The van der Waals surface area contributed by atoms with E-state index in [-0.39, 0.29) is 5.69 Å². The van der Waals surface area contributed by atoms with E-state index in [1.54, 1.807) is 0 Å². The van der Waals surface area contributed by atoms with Gasteiger partial charge >= 0.3 is 0 Å². The van der Waals surface area contributed by atoms with Gasteiger partial charge in [-0.25, -0.2) is 18.2 Å². The van der Waals surface area contributed by atoms with Crippen molar-refractivity contribution in [2.75, 3.05) is 0 Å². The van der Waals surface area contributed by atoms with E-state index in [9.17, 15) is 13.2 Å². The summed E-state index contributed by atoms with van der Waals surface area (Å²) in [5.41, 5.74) is -1.79. The zero-order valence-electron chi connectivity index (χ0n) is 6.84. The van der Waals surface area contributed by atoms with E-state index in [1.165, 1.54) is 6.07 Å². The molecule has 1 aromatic heterocycles. The molecular weight excluding hydrogens is 197 g/mol. The fourth-order valence-corrected chi connectivity index (χ4v) is 0.982. The Balaban J connectivity index is 3.36. The summed E-state index contributed by atoms with van der Waals surface area (Å²) in [6.45, 7) is -0.827. The maximum Gasteiger partial charge on any atom is 0.268 e. The molecule has 1 heterocycles. The Labute approximate surface area is 77.4 Å². The Bertz CT molecular complexity index is 387. The van der Waals surface area contributed by atoms with Crippen LogP contribution in [0.2, 0.25) is 0 Å². The molecule has 0 saturated carbocycles. The summed E-state index contributed by atoms with van der Waals surface area (Å²) in [5, 5.41) is 17.0. The van der Waals surface area contributed by atoms with Crippen molar-refractivity contribution >= 4 is 0 Å². The van der Waals surface area contributed by atoms with Gasteiger partial charge in [0.1, 0.15) is 17.6 Å². The van der Waals surface area contributed by atoms with Crippen LogP contribution in [0.3, 0.4) is 0 Å². The minimum Gasteiger partial charge on any atom is -0.390 e. The molecule has 6 heteroatoms. The SMILES string of the molecule is N#Cc1cc(F)c(C(F)F)c(CO)n1. The number of aromatic nitrogens is 1. The smallest absolute Gasteiger partial charge is 0.268 e. The summed E-state index contributed by atoms with van der Waals surface area (Å²) < 4.78 is 37.4. The molecule has 0 aliphatic carbocycles. The summed E-state index contributed by atoms with van der Waals surface area (Å²) in [7, 11) is 0. The molecule has 0 fully saturated rings. The molecule has 1 N–H and O–H groups in total. The number of alkyl halides is 2. The van der Waals surface area contributed by atoms with Crippen molar-refractivity contribution in [3.05, 3.63) is 28.8 Å². The Morgan fingerprint density at radius 2 is 2.21 bits per heavy atom. The second-order valence-corrected chi connectivity index (χ2v) is 2.42. The molecule has 0 bridgehead atoms. The summed E-state index contributed by atoms with van der Waals surface area (Å²) in [6, 6.07) is 2.11. The van der Waals surface area contributed by atoms with E-state index in [1.807, 2.05) is 0 Å². The monoisotopic (exact) mass is 202 g/mol. The minimum atomic E-state index is -3.06. The maximum atomic E-state index is 13.0. The van der Waals surface area contributed by atoms with Crippen LogP contribution in [-0.4, -0.2) is 10.1 Å². The largest absolute Gasteiger partial charge is 0.390 e. The Morgan fingerprint density at radius 1 is 1.57 bits per heavy atom. The second-order valence-electron chi connectivity index (χ2n) is 2.42. The predicted octanol–water partition coefficient (Wildman–Crippen LogP) is 1.52. The molecule has 0 radical (unpaired) electrons. The van der Waals surface area contributed by atoms with E-state index < -0.39 is 30.1 Å². The Kier molecular flexibility index (Phi) is 3.04. The van der Waals surface area contributed by atoms with Gasteiger partial charge in [-0.2, -0.15) is 5.26 Å². The lowest BCUT2D eigenvalue weighted by molar-refractivity contribution is 0.140. The van der Waals surface area contributed by atoms with E-state index >= 15 is 0 Å².